The van der Waals surface area contributed by atoms with Crippen LogP contribution in [0.4, 0.5) is 0 Å². The van der Waals surface area contributed by atoms with E-state index in [4.69, 9.17) is 4.74 Å². The average molecular weight is 241 g/mol. The third-order valence-corrected chi connectivity index (χ3v) is 3.95. The van der Waals surface area contributed by atoms with Gasteiger partial charge in [-0.3, -0.25) is 0 Å². The quantitative estimate of drug-likeness (QED) is 0.685. The summed E-state index contributed by atoms with van der Waals surface area (Å²) in [6.45, 7) is 11.0. The van der Waals surface area contributed by atoms with Gasteiger partial charge >= 0.3 is 0 Å². The molecule has 1 N–H and O–H groups in total. The molecule has 0 spiro atoms. The van der Waals surface area contributed by atoms with E-state index in [0.29, 0.717) is 6.10 Å². The second-order valence-corrected chi connectivity index (χ2v) is 5.88. The fourth-order valence-corrected chi connectivity index (χ4v) is 2.94. The van der Waals surface area contributed by atoms with Crippen molar-refractivity contribution in [1.29, 1.82) is 0 Å². The summed E-state index contributed by atoms with van der Waals surface area (Å²) in [4.78, 5) is 0. The minimum absolute atomic E-state index is 0.120. The van der Waals surface area contributed by atoms with Crippen LogP contribution >= 0.6 is 0 Å². The number of nitrogens with one attached hydrogen (secondary N) is 1. The first-order chi connectivity index (χ1) is 8.12. The van der Waals surface area contributed by atoms with Crippen LogP contribution in [0.5, 0.6) is 0 Å². The Morgan fingerprint density at radius 3 is 2.35 bits per heavy atom. The number of ether oxygens (including phenoxy) is 1. The van der Waals surface area contributed by atoms with E-state index < -0.39 is 0 Å². The van der Waals surface area contributed by atoms with Crippen molar-refractivity contribution in [2.75, 3.05) is 13.1 Å². The van der Waals surface area contributed by atoms with Crippen LogP contribution < -0.4 is 5.32 Å². The standard InChI is InChI=1S/C15H31NO/c1-5-11-16-12-15(17-13(3)4)9-7-14(6-2)8-10-15/h13-14,16H,5-12H2,1-4H3. The van der Waals surface area contributed by atoms with Crippen molar-refractivity contribution >= 4 is 0 Å². The topological polar surface area (TPSA) is 21.3 Å². The van der Waals surface area contributed by atoms with Crippen LogP contribution in [0.1, 0.15) is 66.2 Å². The molecule has 0 amide bonds. The lowest BCUT2D eigenvalue weighted by Gasteiger charge is -2.41. The highest BCUT2D eigenvalue weighted by Gasteiger charge is 2.36. The Hall–Kier alpha value is -0.0800. The Morgan fingerprint density at radius 2 is 1.88 bits per heavy atom. The van der Waals surface area contributed by atoms with E-state index in [2.05, 4.69) is 33.0 Å². The molecule has 0 bridgehead atoms. The van der Waals surface area contributed by atoms with Gasteiger partial charge in [-0.1, -0.05) is 20.3 Å². The SMILES string of the molecule is CCCNCC1(OC(C)C)CCC(CC)CC1. The summed E-state index contributed by atoms with van der Waals surface area (Å²) in [7, 11) is 0. The zero-order valence-corrected chi connectivity index (χ0v) is 12.2. The molecule has 0 radical (unpaired) electrons. The molecule has 1 fully saturated rings. The average Bonchev–Trinajstić information content (AvgIpc) is 2.29. The predicted molar refractivity (Wildman–Crippen MR) is 74.4 cm³/mol. The van der Waals surface area contributed by atoms with Gasteiger partial charge in [0.25, 0.3) is 0 Å². The van der Waals surface area contributed by atoms with E-state index in [1.807, 2.05) is 0 Å². The molecule has 0 aromatic carbocycles. The highest BCUT2D eigenvalue weighted by molar-refractivity contribution is 4.89. The summed E-state index contributed by atoms with van der Waals surface area (Å²) >= 11 is 0. The van der Waals surface area contributed by atoms with Gasteiger partial charge in [0.15, 0.2) is 0 Å². The predicted octanol–water partition coefficient (Wildman–Crippen LogP) is 3.75. The maximum Gasteiger partial charge on any atom is 0.0809 e. The van der Waals surface area contributed by atoms with E-state index in [-0.39, 0.29) is 5.60 Å². The van der Waals surface area contributed by atoms with Crippen LogP contribution in [-0.2, 0) is 4.74 Å². The van der Waals surface area contributed by atoms with Crippen LogP contribution in [0.3, 0.4) is 0 Å². The third kappa shape index (κ3) is 4.97. The van der Waals surface area contributed by atoms with Crippen molar-refractivity contribution in [3.63, 3.8) is 0 Å². The van der Waals surface area contributed by atoms with Gasteiger partial charge in [0.2, 0.25) is 0 Å². The Balaban J connectivity index is 2.48. The zero-order valence-electron chi connectivity index (χ0n) is 12.2. The van der Waals surface area contributed by atoms with Gasteiger partial charge in [0, 0.05) is 6.54 Å². The lowest BCUT2D eigenvalue weighted by molar-refractivity contribution is -0.106. The largest absolute Gasteiger partial charge is 0.371 e. The van der Waals surface area contributed by atoms with E-state index in [1.54, 1.807) is 0 Å². The van der Waals surface area contributed by atoms with E-state index in [9.17, 15) is 0 Å². The fraction of sp³-hybridized carbons (Fsp3) is 1.00. The molecule has 0 atom stereocenters. The number of hydrogen-bond acceptors (Lipinski definition) is 2. The second-order valence-electron chi connectivity index (χ2n) is 5.88. The van der Waals surface area contributed by atoms with E-state index in [0.717, 1.165) is 19.0 Å². The van der Waals surface area contributed by atoms with Gasteiger partial charge in [0.1, 0.15) is 0 Å². The minimum Gasteiger partial charge on any atom is -0.371 e. The molecule has 0 heterocycles. The summed E-state index contributed by atoms with van der Waals surface area (Å²) in [5.74, 6) is 0.935. The first kappa shape index (κ1) is 15.0. The van der Waals surface area contributed by atoms with E-state index in [1.165, 1.54) is 38.5 Å². The molecule has 17 heavy (non-hydrogen) atoms. The first-order valence-electron chi connectivity index (χ1n) is 7.50. The summed E-state index contributed by atoms with van der Waals surface area (Å²) < 4.78 is 6.26. The molecule has 0 aromatic heterocycles. The molecular weight excluding hydrogens is 210 g/mol. The van der Waals surface area contributed by atoms with Gasteiger partial charge in [-0.05, 0) is 58.4 Å². The molecule has 1 aliphatic rings. The highest BCUT2D eigenvalue weighted by Crippen LogP contribution is 2.36. The minimum atomic E-state index is 0.120. The maximum atomic E-state index is 6.26. The molecule has 1 rings (SSSR count). The molecular formula is C15H31NO. The summed E-state index contributed by atoms with van der Waals surface area (Å²) in [5.41, 5.74) is 0.120. The number of hydrogen-bond donors (Lipinski definition) is 1. The molecule has 0 aromatic rings. The van der Waals surface area contributed by atoms with Gasteiger partial charge in [-0.2, -0.15) is 0 Å². The second kappa shape index (κ2) is 7.38. The van der Waals surface area contributed by atoms with Crippen molar-refractivity contribution in [3.05, 3.63) is 0 Å². The van der Waals surface area contributed by atoms with Crippen LogP contribution in [-0.4, -0.2) is 24.8 Å². The molecule has 1 aliphatic carbocycles. The van der Waals surface area contributed by atoms with Gasteiger partial charge in [-0.25, -0.2) is 0 Å². The Morgan fingerprint density at radius 1 is 1.24 bits per heavy atom. The summed E-state index contributed by atoms with van der Waals surface area (Å²) in [6.07, 6.45) is 8.04. The molecule has 2 nitrogen and oxygen atoms in total. The molecule has 0 unspecified atom stereocenters. The Bertz CT molecular complexity index is 190. The fourth-order valence-electron chi connectivity index (χ4n) is 2.94. The number of rotatable bonds is 7. The molecule has 102 valence electrons. The Labute approximate surface area is 108 Å². The first-order valence-corrected chi connectivity index (χ1v) is 7.50. The smallest absolute Gasteiger partial charge is 0.0809 e. The van der Waals surface area contributed by atoms with Gasteiger partial charge < -0.3 is 10.1 Å². The summed E-state index contributed by atoms with van der Waals surface area (Å²) in [6, 6.07) is 0. The Kier molecular flexibility index (Phi) is 6.50. The molecule has 0 saturated heterocycles. The highest BCUT2D eigenvalue weighted by atomic mass is 16.5. The summed E-state index contributed by atoms with van der Waals surface area (Å²) in [5, 5.41) is 3.56. The van der Waals surface area contributed by atoms with Gasteiger partial charge in [0.05, 0.1) is 11.7 Å². The van der Waals surface area contributed by atoms with Crippen molar-refractivity contribution < 1.29 is 4.74 Å². The van der Waals surface area contributed by atoms with Crippen molar-refractivity contribution in [2.45, 2.75) is 77.9 Å². The van der Waals surface area contributed by atoms with Crippen LogP contribution in [0, 0.1) is 5.92 Å². The van der Waals surface area contributed by atoms with Crippen molar-refractivity contribution in [1.82, 2.24) is 5.32 Å². The van der Waals surface area contributed by atoms with E-state index >= 15 is 0 Å². The molecule has 2 heteroatoms. The lowest BCUT2D eigenvalue weighted by atomic mass is 9.77. The maximum absolute atomic E-state index is 6.26. The van der Waals surface area contributed by atoms with Crippen LogP contribution in [0.2, 0.25) is 0 Å². The lowest BCUT2D eigenvalue weighted by Crippen LogP contribution is -2.47. The van der Waals surface area contributed by atoms with Crippen LogP contribution in [0.15, 0.2) is 0 Å². The normalized spacial score (nSPS) is 29.8. The van der Waals surface area contributed by atoms with Crippen molar-refractivity contribution in [3.8, 4) is 0 Å². The molecule has 1 saturated carbocycles. The van der Waals surface area contributed by atoms with Crippen LogP contribution in [0.25, 0.3) is 0 Å². The monoisotopic (exact) mass is 241 g/mol. The van der Waals surface area contributed by atoms with Gasteiger partial charge in [-0.15, -0.1) is 0 Å². The molecule has 0 aliphatic heterocycles. The van der Waals surface area contributed by atoms with Crippen molar-refractivity contribution in [2.24, 2.45) is 5.92 Å². The zero-order chi connectivity index (χ0) is 12.7. The third-order valence-electron chi connectivity index (χ3n) is 3.95.